The first-order valence-corrected chi connectivity index (χ1v) is 50.0. The Labute approximate surface area is 870 Å². The molecule has 0 radical (unpaired) electrons. The van der Waals surface area contributed by atoms with Crippen molar-refractivity contribution in [2.45, 2.75) is 200 Å². The fourth-order valence-corrected chi connectivity index (χ4v) is 15.8. The largest absolute Gasteiger partial charge is 0.394 e. The molecule has 18 rings (SSSR count). The van der Waals surface area contributed by atoms with Crippen molar-refractivity contribution in [3.8, 4) is 0 Å². The number of ether oxygens (including phenoxy) is 1. The van der Waals surface area contributed by atoms with Gasteiger partial charge in [-0.2, -0.15) is 39.9 Å². The molecule has 2 fully saturated rings. The van der Waals surface area contributed by atoms with Crippen molar-refractivity contribution >= 4 is 200 Å². The number of nitrogens with zero attached hydrogens (tertiary/aromatic N) is 24. The van der Waals surface area contributed by atoms with Gasteiger partial charge in [0.05, 0.1) is 132 Å². The molecular weight excluding hydrogens is 1940 g/mol. The van der Waals surface area contributed by atoms with Crippen molar-refractivity contribution < 1.29 is 45.3 Å². The molecule has 1 aliphatic heterocycles. The van der Waals surface area contributed by atoms with Gasteiger partial charge in [-0.1, -0.05) is 105 Å². The van der Waals surface area contributed by atoms with Crippen LogP contribution in [0, 0.1) is 18.8 Å². The number of pyridine rings is 8. The number of nitrogens with one attached hydrogen (secondary N) is 8. The Bertz CT molecular complexity index is 6780. The number of aliphatic hydroxyl groups excluding tert-OH is 7. The lowest BCUT2D eigenvalue weighted by atomic mass is 10.0. The van der Waals surface area contributed by atoms with Gasteiger partial charge in [0.15, 0.2) is 46.5 Å². The molecule has 17 heterocycles. The number of nitrogens with two attached hydrogens (primary N) is 9. The van der Waals surface area contributed by atoms with E-state index in [1.165, 1.54) is 12.8 Å². The molecule has 0 bridgehead atoms. The van der Waals surface area contributed by atoms with Crippen LogP contribution in [0.15, 0.2) is 134 Å². The maximum absolute atomic E-state index is 11.4. The van der Waals surface area contributed by atoms with Crippen LogP contribution in [0.2, 0.25) is 5.02 Å². The number of rotatable bonds is 39. The van der Waals surface area contributed by atoms with Crippen molar-refractivity contribution in [2.75, 3.05) is 148 Å². The molecule has 798 valence electrons. The molecule has 1 saturated carbocycles. The van der Waals surface area contributed by atoms with Crippen LogP contribution in [0.1, 0.15) is 150 Å². The van der Waals surface area contributed by atoms with Crippen molar-refractivity contribution in [1.82, 2.24) is 120 Å². The normalized spacial score (nSPS) is 13.7. The Morgan fingerprint density at radius 3 is 0.967 bits per heavy atom. The topological polar surface area (TPSA) is 808 Å². The Hall–Kier alpha value is -15.8. The zero-order valence-electron chi connectivity index (χ0n) is 84.9. The second kappa shape index (κ2) is 58.6. The van der Waals surface area contributed by atoms with Crippen LogP contribution in [0.3, 0.4) is 0 Å². The first-order valence-electron chi connectivity index (χ1n) is 49.6. The Morgan fingerprint density at radius 1 is 0.360 bits per heavy atom. The van der Waals surface area contributed by atoms with Gasteiger partial charge in [0.1, 0.15) is 55.7 Å². The minimum atomic E-state index is -0.505. The van der Waals surface area contributed by atoms with E-state index in [1.807, 2.05) is 56.3 Å². The Morgan fingerprint density at radius 2 is 0.660 bits per heavy atom. The van der Waals surface area contributed by atoms with E-state index in [-0.39, 0.29) is 130 Å². The summed E-state index contributed by atoms with van der Waals surface area (Å²) in [6, 6.07) is 25.8. The predicted molar refractivity (Wildman–Crippen MR) is 588 cm³/mol. The number of carbonyl (C=O) groups excluding carboxylic acids is 1. The highest BCUT2D eigenvalue weighted by molar-refractivity contribution is 6.35. The lowest BCUT2D eigenvalue weighted by molar-refractivity contribution is -0.118. The third-order valence-electron chi connectivity index (χ3n) is 22.9. The van der Waals surface area contributed by atoms with E-state index in [0.29, 0.717) is 141 Å². The number of anilines is 16. The minimum Gasteiger partial charge on any atom is -0.394 e. The number of fused-ring (bicyclic) bond motifs is 8. The van der Waals surface area contributed by atoms with E-state index in [4.69, 9.17) is 78.2 Å². The number of halogens is 1. The van der Waals surface area contributed by atoms with Gasteiger partial charge in [-0.05, 0) is 161 Å². The second-order valence-electron chi connectivity index (χ2n) is 35.6. The Kier molecular flexibility index (Phi) is 44.7. The van der Waals surface area contributed by atoms with E-state index in [0.717, 1.165) is 119 Å². The first-order chi connectivity index (χ1) is 72.6. The van der Waals surface area contributed by atoms with Crippen LogP contribution in [-0.4, -0.2) is 269 Å². The maximum Gasteiger partial charge on any atom is 0.239 e. The maximum atomic E-state index is 11.4. The van der Waals surface area contributed by atoms with Crippen LogP contribution in [0.25, 0.3) is 88.3 Å². The van der Waals surface area contributed by atoms with Gasteiger partial charge < -0.3 is 135 Å². The zero-order chi connectivity index (χ0) is 108. The quantitative estimate of drug-likeness (QED) is 0.0171. The summed E-state index contributed by atoms with van der Waals surface area (Å²) in [5, 5.41) is 90.7. The number of unbranched alkanes of at least 4 members (excludes halogenated alkanes) is 2. The summed E-state index contributed by atoms with van der Waals surface area (Å²) >= 11 is 6.17. The number of hydrogen-bond acceptors (Lipinski definition) is 49. The Balaban J connectivity index is 0.000000163. The van der Waals surface area contributed by atoms with Crippen LogP contribution >= 0.6 is 11.6 Å². The zero-order valence-corrected chi connectivity index (χ0v) is 85.7. The summed E-state index contributed by atoms with van der Waals surface area (Å²) in [5.41, 5.74) is 61.9. The number of aryl methyl sites for hydroxylation is 1. The molecule has 1 unspecified atom stereocenters. The van der Waals surface area contributed by atoms with E-state index < -0.39 is 18.0 Å². The molecule has 1 saturated heterocycles. The summed E-state index contributed by atoms with van der Waals surface area (Å²) < 4.78 is 5.56. The summed E-state index contributed by atoms with van der Waals surface area (Å²) in [5.74, 6) is 6.56. The van der Waals surface area contributed by atoms with Crippen molar-refractivity contribution in [2.24, 2.45) is 17.6 Å². The molecule has 51 heteroatoms. The number of aliphatic hydroxyl groups is 7. The molecule has 1 aliphatic carbocycles. The van der Waals surface area contributed by atoms with Gasteiger partial charge in [-0.25, -0.2) is 44.9 Å². The third kappa shape index (κ3) is 34.6. The predicted octanol–water partition coefficient (Wildman–Crippen LogP) is 9.13. The summed E-state index contributed by atoms with van der Waals surface area (Å²) in [7, 11) is 0. The van der Waals surface area contributed by atoms with E-state index >= 15 is 0 Å². The fraction of sp³-hybridized carbons (Fsp3) is 0.424. The van der Waals surface area contributed by atoms with Gasteiger partial charge in [0.25, 0.3) is 0 Å². The molecule has 50 nitrogen and oxygen atoms in total. The monoisotopic (exact) mass is 2080 g/mol. The molecule has 2 aliphatic rings. The third-order valence-corrected chi connectivity index (χ3v) is 23.2. The number of aromatic nitrogens is 24. The first kappa shape index (κ1) is 114. The summed E-state index contributed by atoms with van der Waals surface area (Å²) in [4.78, 5) is 112. The van der Waals surface area contributed by atoms with Crippen molar-refractivity contribution in [3.05, 3.63) is 145 Å². The van der Waals surface area contributed by atoms with Gasteiger partial charge in [-0.15, -0.1) is 0 Å². The average molecular weight is 2080 g/mol. The second-order valence-corrected chi connectivity index (χ2v) is 36.0. The smallest absolute Gasteiger partial charge is 0.239 e. The number of carbonyl (C=O) groups is 1. The SMILES string of the molecule is CC(C)C[C@@H](CO)Nc1nc(N)nc2cccnc12.CCCC[C@@H](CO)Nc1nc(N)nc2cccnc12.CCCC[C@H](CO)Nc1nc(N)nc2cccnc12.CCC[C@@H](CO)Nc1nc(N)nc2c(Cl)cc(C)nc12.CCC[C@H](Nc1nc(N)nc2cccnc12)C(N)=O.Nc1nc(NC(CO)CO)c2ncccc2n1.Nc1nc(NCC2CCCO2)c2ncccc2n1.Nc1nc(N[C@H](CO)CC2CC2)c2ncccc2n1. The number of nitrogen functional groups attached to an aromatic ring is 8. The molecule has 33 N–H and O–H groups in total. The van der Waals surface area contributed by atoms with Crippen LogP contribution < -0.4 is 94.1 Å². The van der Waals surface area contributed by atoms with Gasteiger partial charge in [0.2, 0.25) is 53.5 Å². The van der Waals surface area contributed by atoms with Gasteiger partial charge in [-0.3, -0.25) is 39.7 Å². The minimum absolute atomic E-state index is 0.00740. The molecular formula is C99H136ClN41O9. The van der Waals surface area contributed by atoms with Crippen molar-refractivity contribution in [1.29, 1.82) is 0 Å². The van der Waals surface area contributed by atoms with E-state index in [2.05, 4.69) is 197 Å². The summed E-state index contributed by atoms with van der Waals surface area (Å²) in [6.45, 7) is 15.7. The highest BCUT2D eigenvalue weighted by Crippen LogP contribution is 2.36. The van der Waals surface area contributed by atoms with Gasteiger partial charge in [0, 0.05) is 62.2 Å². The number of hydrogen-bond donors (Lipinski definition) is 24. The molecule has 150 heavy (non-hydrogen) atoms. The lowest BCUT2D eigenvalue weighted by Gasteiger charge is -2.19. The molecule has 1 amide bonds. The van der Waals surface area contributed by atoms with Gasteiger partial charge >= 0.3 is 0 Å². The van der Waals surface area contributed by atoms with Crippen molar-refractivity contribution in [3.63, 3.8) is 0 Å². The number of amides is 1. The van der Waals surface area contributed by atoms with Crippen LogP contribution in [0.5, 0.6) is 0 Å². The molecule has 0 aromatic carbocycles. The molecule has 7 atom stereocenters. The number of primary amides is 1. The van der Waals surface area contributed by atoms with E-state index in [1.54, 1.807) is 91.9 Å². The average Bonchev–Trinajstić information content (AvgIpc) is 0.812. The lowest BCUT2D eigenvalue weighted by Crippen LogP contribution is -2.35. The highest BCUT2D eigenvalue weighted by Gasteiger charge is 2.28. The highest BCUT2D eigenvalue weighted by atomic mass is 35.5. The fourth-order valence-electron chi connectivity index (χ4n) is 15.6. The van der Waals surface area contributed by atoms with E-state index in [9.17, 15) is 30.3 Å². The summed E-state index contributed by atoms with van der Waals surface area (Å²) in [6.07, 6.45) is 27.7. The molecule has 16 aromatic heterocycles. The standard InChI is InChI=1S/C13H18ClN5O.C13H17N5O.3C13H19N5O.C12H16N6O.C12H15N5O.C10H13N5O2/c1-3-4-8(6-20)17-12-11-10(18-13(15)19-12)9(14)5-7(2)16-11;14-13-17-10-2-1-5-15-11(10)12(18-13)16-9(7-19)6-8-3-4-8;1-8(2)6-9(7-19)16-12-11-10(4-3-5-15-11)17-13(14)18-12;2*1-2-3-5-9(8-19)16-12-11-10(6-4-7-15-11)17-13(14)18-12;1-2-4-8(10(13)19)16-11-9-7(5-3-6-15-9)17-12(14)18-11;13-12-16-9-4-1-5-14-10(9)11(17-12)15-7-8-3-2-6-18-8;11-10-14-7-2-1-3-12-8(7)9(15-10)13-6(4-16)5-17/h5,8,20H,3-4,6H2,1-2H3,(H3,15,17,18,19);1-2,5,8-9,19H,3-4,6-7H2,(H3,14,16,17,18);3-5,8-9,19H,6-7H2,1-2H3,(H3,14,16,17,18);2*4,6-7,9,19H,2-3,5,8H2,1H3,(H3,14,16,17,18);3,5-6,8H,2,4H2,1H3,(H2,13,19)(H3,14,16,17,18);1,4-5,8H,2-3,6-7H2,(H3,13,15,16,17);1-3,6,16-17H,4-5H2,(H3,11,13,14,15)/t8-;4*9-;8-;;/m000100../s1. The molecule has 16 aromatic rings. The van der Waals surface area contributed by atoms with Crippen LogP contribution in [0.4, 0.5) is 94.1 Å². The van der Waals surface area contributed by atoms with Crippen LogP contribution in [-0.2, 0) is 9.53 Å². The molecule has 0 spiro atoms.